The molecule has 4 N–H and O–H groups in total. The molecular weight excluding hydrogens is 257 g/mol. The second-order valence-electron chi connectivity index (χ2n) is 4.43. The highest BCUT2D eigenvalue weighted by Gasteiger charge is 2.11. The largest absolute Gasteiger partial charge is 0.409 e. The summed E-state index contributed by atoms with van der Waals surface area (Å²) >= 11 is 0. The molecule has 104 valence electrons. The Kier molecular flexibility index (Phi) is 4.20. The van der Waals surface area contributed by atoms with Crippen molar-refractivity contribution in [2.75, 3.05) is 5.32 Å². The number of rotatable bonds is 4. The predicted octanol–water partition coefficient (Wildman–Crippen LogP) is 2.84. The van der Waals surface area contributed by atoms with Crippen molar-refractivity contribution in [3.63, 3.8) is 0 Å². The van der Waals surface area contributed by atoms with Crippen LogP contribution in [0.1, 0.15) is 16.7 Å². The van der Waals surface area contributed by atoms with Gasteiger partial charge in [0.05, 0.1) is 5.56 Å². The molecule has 4 nitrogen and oxygen atoms in total. The summed E-state index contributed by atoms with van der Waals surface area (Å²) in [6.45, 7) is 2.30. The first-order valence-corrected chi connectivity index (χ1v) is 6.18. The fourth-order valence-electron chi connectivity index (χ4n) is 1.93. The number of halogens is 1. The summed E-state index contributed by atoms with van der Waals surface area (Å²) < 4.78 is 14.2. The lowest BCUT2D eigenvalue weighted by Crippen LogP contribution is -2.16. The summed E-state index contributed by atoms with van der Waals surface area (Å²) in [6.07, 6.45) is 0. The highest BCUT2D eigenvalue weighted by Crippen LogP contribution is 2.17. The van der Waals surface area contributed by atoms with Crippen LogP contribution in [-0.4, -0.2) is 11.0 Å². The number of nitrogens with two attached hydrogens (primary N) is 1. The van der Waals surface area contributed by atoms with Crippen molar-refractivity contribution < 1.29 is 9.60 Å². The second-order valence-corrected chi connectivity index (χ2v) is 4.43. The van der Waals surface area contributed by atoms with Crippen molar-refractivity contribution in [2.45, 2.75) is 13.5 Å². The van der Waals surface area contributed by atoms with E-state index in [4.69, 9.17) is 10.9 Å². The zero-order valence-corrected chi connectivity index (χ0v) is 11.1. The molecule has 0 heterocycles. The molecule has 0 saturated carbocycles. The van der Waals surface area contributed by atoms with Crippen LogP contribution in [0.2, 0.25) is 0 Å². The van der Waals surface area contributed by atoms with Crippen LogP contribution >= 0.6 is 0 Å². The van der Waals surface area contributed by atoms with Gasteiger partial charge in [0.25, 0.3) is 0 Å². The molecule has 0 atom stereocenters. The van der Waals surface area contributed by atoms with Crippen molar-refractivity contribution in [3.8, 4) is 0 Å². The average Bonchev–Trinajstić information content (AvgIpc) is 2.47. The summed E-state index contributed by atoms with van der Waals surface area (Å²) in [5.41, 5.74) is 8.01. The van der Waals surface area contributed by atoms with Gasteiger partial charge in [0.15, 0.2) is 5.84 Å². The summed E-state index contributed by atoms with van der Waals surface area (Å²) in [4.78, 5) is 0. The van der Waals surface area contributed by atoms with Gasteiger partial charge in [-0.15, -0.1) is 0 Å². The Balaban J connectivity index is 2.21. The Bertz CT molecular complexity index is 641. The summed E-state index contributed by atoms with van der Waals surface area (Å²) in [6, 6.07) is 12.6. The minimum absolute atomic E-state index is 0.0941. The Labute approximate surface area is 116 Å². The number of nitrogens with one attached hydrogen (secondary N) is 1. The molecule has 0 fully saturated rings. The second kappa shape index (κ2) is 6.06. The minimum atomic E-state index is -0.483. The number of benzene rings is 2. The van der Waals surface area contributed by atoms with Gasteiger partial charge in [-0.25, -0.2) is 4.39 Å². The van der Waals surface area contributed by atoms with Crippen LogP contribution in [0.3, 0.4) is 0 Å². The van der Waals surface area contributed by atoms with Gasteiger partial charge in [0.1, 0.15) is 5.82 Å². The molecule has 5 heteroatoms. The van der Waals surface area contributed by atoms with Gasteiger partial charge < -0.3 is 16.3 Å². The van der Waals surface area contributed by atoms with Gasteiger partial charge in [-0.05, 0) is 24.6 Å². The van der Waals surface area contributed by atoms with E-state index in [1.54, 1.807) is 12.1 Å². The topological polar surface area (TPSA) is 70.6 Å². The average molecular weight is 273 g/mol. The lowest BCUT2D eigenvalue weighted by molar-refractivity contribution is 0.318. The first kappa shape index (κ1) is 13.9. The van der Waals surface area contributed by atoms with Crippen LogP contribution < -0.4 is 11.1 Å². The number of hydrogen-bond acceptors (Lipinski definition) is 3. The lowest BCUT2D eigenvalue weighted by atomic mass is 10.1. The molecule has 0 saturated heterocycles. The van der Waals surface area contributed by atoms with Crippen LogP contribution in [0, 0.1) is 12.7 Å². The molecule has 0 bridgehead atoms. The summed E-state index contributed by atoms with van der Waals surface area (Å²) in [5, 5.41) is 14.6. The molecule has 2 rings (SSSR count). The van der Waals surface area contributed by atoms with Gasteiger partial charge in [0.2, 0.25) is 0 Å². The maximum absolute atomic E-state index is 14.2. The third kappa shape index (κ3) is 2.88. The molecule has 0 spiro atoms. The van der Waals surface area contributed by atoms with Gasteiger partial charge in [-0.2, -0.15) is 0 Å². The van der Waals surface area contributed by atoms with E-state index in [1.807, 2.05) is 31.2 Å². The van der Waals surface area contributed by atoms with E-state index in [0.717, 1.165) is 11.3 Å². The molecule has 2 aromatic carbocycles. The van der Waals surface area contributed by atoms with Crippen molar-refractivity contribution in [1.82, 2.24) is 0 Å². The number of aryl methyl sites for hydroxylation is 1. The van der Waals surface area contributed by atoms with E-state index < -0.39 is 5.82 Å². The van der Waals surface area contributed by atoms with Crippen molar-refractivity contribution >= 4 is 11.5 Å². The van der Waals surface area contributed by atoms with Crippen molar-refractivity contribution in [3.05, 3.63) is 65.0 Å². The highest BCUT2D eigenvalue weighted by atomic mass is 19.1. The monoisotopic (exact) mass is 273 g/mol. The third-order valence-electron chi connectivity index (χ3n) is 3.08. The van der Waals surface area contributed by atoms with Crippen molar-refractivity contribution in [1.29, 1.82) is 0 Å². The lowest BCUT2D eigenvalue weighted by Gasteiger charge is -2.11. The zero-order valence-electron chi connectivity index (χ0n) is 11.1. The molecule has 0 aliphatic heterocycles. The maximum Gasteiger partial charge on any atom is 0.173 e. The number of para-hydroxylation sites is 1. The molecule has 0 aliphatic carbocycles. The minimum Gasteiger partial charge on any atom is -0.409 e. The van der Waals surface area contributed by atoms with Gasteiger partial charge in [-0.3, -0.25) is 0 Å². The van der Waals surface area contributed by atoms with E-state index >= 15 is 0 Å². The SMILES string of the molecule is Cc1ccccc1NCc1cccc(/C(N)=N/O)c1F. The molecule has 0 aliphatic rings. The number of oxime groups is 1. The van der Waals surface area contributed by atoms with E-state index in [1.165, 1.54) is 6.07 Å². The van der Waals surface area contributed by atoms with Crippen LogP contribution in [0.15, 0.2) is 47.6 Å². The molecule has 0 amide bonds. The van der Waals surface area contributed by atoms with E-state index in [-0.39, 0.29) is 11.4 Å². The smallest absolute Gasteiger partial charge is 0.173 e. The fourth-order valence-corrected chi connectivity index (χ4v) is 1.93. The van der Waals surface area contributed by atoms with E-state index in [2.05, 4.69) is 10.5 Å². The first-order chi connectivity index (χ1) is 9.63. The standard InChI is InChI=1S/C15H16FN3O/c1-10-5-2-3-8-13(10)18-9-11-6-4-7-12(14(11)16)15(17)19-20/h2-8,18,20H,9H2,1H3,(H2,17,19). The van der Waals surface area contributed by atoms with Gasteiger partial charge in [0, 0.05) is 17.8 Å². The third-order valence-corrected chi connectivity index (χ3v) is 3.08. The molecule has 0 unspecified atom stereocenters. The number of nitrogens with zero attached hydrogens (tertiary/aromatic N) is 1. The molecule has 0 aromatic heterocycles. The molecule has 20 heavy (non-hydrogen) atoms. The van der Waals surface area contributed by atoms with Crippen LogP contribution in [0.5, 0.6) is 0 Å². The van der Waals surface area contributed by atoms with Crippen LogP contribution in [0.4, 0.5) is 10.1 Å². The van der Waals surface area contributed by atoms with Gasteiger partial charge >= 0.3 is 0 Å². The molecular formula is C15H16FN3O. The Hall–Kier alpha value is -2.56. The predicted molar refractivity (Wildman–Crippen MR) is 77.4 cm³/mol. The Morgan fingerprint density at radius 2 is 2.00 bits per heavy atom. The number of hydrogen-bond donors (Lipinski definition) is 3. The Morgan fingerprint density at radius 1 is 1.25 bits per heavy atom. The normalized spacial score (nSPS) is 11.4. The maximum atomic E-state index is 14.2. The van der Waals surface area contributed by atoms with E-state index in [9.17, 15) is 4.39 Å². The fraction of sp³-hybridized carbons (Fsp3) is 0.133. The van der Waals surface area contributed by atoms with Crippen LogP contribution in [-0.2, 0) is 6.54 Å². The summed E-state index contributed by atoms with van der Waals surface area (Å²) in [7, 11) is 0. The quantitative estimate of drug-likeness (QED) is 0.347. The van der Waals surface area contributed by atoms with Crippen molar-refractivity contribution in [2.24, 2.45) is 10.9 Å². The van der Waals surface area contributed by atoms with Gasteiger partial charge in [-0.1, -0.05) is 35.5 Å². The zero-order chi connectivity index (χ0) is 14.5. The van der Waals surface area contributed by atoms with E-state index in [0.29, 0.717) is 12.1 Å². The number of anilines is 1. The van der Waals surface area contributed by atoms with Crippen LogP contribution in [0.25, 0.3) is 0 Å². The molecule has 2 aromatic rings. The summed E-state index contributed by atoms with van der Waals surface area (Å²) in [5.74, 6) is -0.718. The number of amidine groups is 1. The first-order valence-electron chi connectivity index (χ1n) is 6.18. The highest BCUT2D eigenvalue weighted by molar-refractivity contribution is 5.97. The molecule has 0 radical (unpaired) electrons. The Morgan fingerprint density at radius 3 is 2.70 bits per heavy atom.